The number of rotatable bonds is 5. The molecule has 1 N–H and O–H groups in total. The number of sulfonamides is 1. The molecule has 0 unspecified atom stereocenters. The van der Waals surface area contributed by atoms with E-state index in [1.165, 1.54) is 12.3 Å². The molecule has 1 aromatic rings. The molecular formula is C8H8ClF3N2O2S2. The molecule has 0 radical (unpaired) electrons. The average Bonchev–Trinajstić information content (AvgIpc) is 2.23. The Bertz CT molecular complexity index is 507. The van der Waals surface area contributed by atoms with E-state index in [-0.39, 0.29) is 28.4 Å². The molecule has 18 heavy (non-hydrogen) atoms. The standard InChI is InChI=1S/C8H8ClF3N2O2S2/c9-7-5-6(1-2-13-7)18(15,16)14-3-4-17-8(10,11)12/h1-2,5,14H,3-4H2. The number of nitrogens with zero attached hydrogens (tertiary/aromatic N) is 1. The van der Waals surface area contributed by atoms with Gasteiger partial charge in [-0.15, -0.1) is 0 Å². The summed E-state index contributed by atoms with van der Waals surface area (Å²) in [5, 5.41) is -0.0115. The molecule has 4 nitrogen and oxygen atoms in total. The van der Waals surface area contributed by atoms with E-state index >= 15 is 0 Å². The number of nitrogens with one attached hydrogen (secondary N) is 1. The highest BCUT2D eigenvalue weighted by Crippen LogP contribution is 2.29. The largest absolute Gasteiger partial charge is 0.441 e. The summed E-state index contributed by atoms with van der Waals surface area (Å²) in [5.74, 6) is -0.401. The quantitative estimate of drug-likeness (QED) is 0.668. The van der Waals surface area contributed by atoms with Crippen molar-refractivity contribution in [3.63, 3.8) is 0 Å². The predicted octanol–water partition coefficient (Wildman–Crippen LogP) is 2.27. The van der Waals surface area contributed by atoms with Crippen molar-refractivity contribution < 1.29 is 21.6 Å². The lowest BCUT2D eigenvalue weighted by molar-refractivity contribution is -0.0327. The fraction of sp³-hybridized carbons (Fsp3) is 0.375. The van der Waals surface area contributed by atoms with E-state index in [9.17, 15) is 21.6 Å². The number of hydrogen-bond donors (Lipinski definition) is 1. The average molecular weight is 321 g/mol. The van der Waals surface area contributed by atoms with Gasteiger partial charge in [0.05, 0.1) is 4.90 Å². The molecule has 0 spiro atoms. The minimum Gasteiger partial charge on any atom is -0.244 e. The van der Waals surface area contributed by atoms with E-state index in [0.29, 0.717) is 0 Å². The molecule has 0 amide bonds. The number of thioether (sulfide) groups is 1. The second kappa shape index (κ2) is 6.09. The molecule has 1 rings (SSSR count). The first-order chi connectivity index (χ1) is 8.21. The van der Waals surface area contributed by atoms with Crippen LogP contribution >= 0.6 is 23.4 Å². The van der Waals surface area contributed by atoms with Crippen LogP contribution in [0.2, 0.25) is 5.15 Å². The second-order valence-corrected chi connectivity index (χ2v) is 6.32. The third-order valence-electron chi connectivity index (χ3n) is 1.67. The molecule has 1 heterocycles. The summed E-state index contributed by atoms with van der Waals surface area (Å²) in [6.07, 6.45) is 1.20. The smallest absolute Gasteiger partial charge is 0.244 e. The molecule has 10 heteroatoms. The van der Waals surface area contributed by atoms with Crippen LogP contribution in [0.3, 0.4) is 0 Å². The summed E-state index contributed by atoms with van der Waals surface area (Å²) in [6, 6.07) is 2.31. The van der Waals surface area contributed by atoms with Gasteiger partial charge in [0.25, 0.3) is 0 Å². The van der Waals surface area contributed by atoms with Gasteiger partial charge in [-0.2, -0.15) is 13.2 Å². The lowest BCUT2D eigenvalue weighted by Crippen LogP contribution is -2.26. The van der Waals surface area contributed by atoms with Crippen LogP contribution in [0.15, 0.2) is 23.2 Å². The normalized spacial score (nSPS) is 12.7. The van der Waals surface area contributed by atoms with Crippen LogP contribution in [0.25, 0.3) is 0 Å². The Balaban J connectivity index is 2.56. The molecule has 0 bridgehead atoms. The summed E-state index contributed by atoms with van der Waals surface area (Å²) in [5.41, 5.74) is -4.37. The SMILES string of the molecule is O=S(=O)(NCCSC(F)(F)F)c1ccnc(Cl)c1. The van der Waals surface area contributed by atoms with Gasteiger partial charge in [-0.05, 0) is 23.9 Å². The van der Waals surface area contributed by atoms with E-state index in [0.717, 1.165) is 6.07 Å². The van der Waals surface area contributed by atoms with Crippen molar-refractivity contribution in [2.45, 2.75) is 10.4 Å². The molecule has 0 atom stereocenters. The third kappa shape index (κ3) is 5.42. The third-order valence-corrected chi connectivity index (χ3v) is 4.07. The van der Waals surface area contributed by atoms with Crippen LogP contribution in [0.4, 0.5) is 13.2 Å². The molecule has 0 aliphatic rings. The molecule has 0 saturated heterocycles. The van der Waals surface area contributed by atoms with Crippen molar-refractivity contribution in [1.29, 1.82) is 0 Å². The summed E-state index contributed by atoms with van der Waals surface area (Å²) < 4.78 is 60.7. The van der Waals surface area contributed by atoms with Crippen LogP contribution in [-0.2, 0) is 10.0 Å². The van der Waals surface area contributed by atoms with Gasteiger partial charge >= 0.3 is 5.51 Å². The zero-order chi connectivity index (χ0) is 13.8. The van der Waals surface area contributed by atoms with Crippen molar-refractivity contribution >= 4 is 33.4 Å². The summed E-state index contributed by atoms with van der Waals surface area (Å²) in [6.45, 7) is -0.327. The molecule has 0 fully saturated rings. The van der Waals surface area contributed by atoms with Crippen LogP contribution in [0.1, 0.15) is 0 Å². The lowest BCUT2D eigenvalue weighted by Gasteiger charge is -2.08. The minimum atomic E-state index is -4.37. The predicted molar refractivity (Wildman–Crippen MR) is 62.9 cm³/mol. The van der Waals surface area contributed by atoms with Gasteiger partial charge in [-0.1, -0.05) is 11.6 Å². The van der Waals surface area contributed by atoms with Crippen molar-refractivity contribution in [3.05, 3.63) is 23.5 Å². The Labute approximate surface area is 111 Å². The highest BCUT2D eigenvalue weighted by atomic mass is 35.5. The van der Waals surface area contributed by atoms with Gasteiger partial charge in [-0.25, -0.2) is 18.1 Å². The van der Waals surface area contributed by atoms with Crippen LogP contribution in [0.5, 0.6) is 0 Å². The van der Waals surface area contributed by atoms with E-state index in [1.54, 1.807) is 0 Å². The number of hydrogen-bond acceptors (Lipinski definition) is 4. The van der Waals surface area contributed by atoms with Gasteiger partial charge in [0, 0.05) is 18.5 Å². The maximum atomic E-state index is 11.8. The summed E-state index contributed by atoms with van der Waals surface area (Å²) in [7, 11) is -3.86. The molecule has 1 aromatic heterocycles. The Morgan fingerprint density at radius 2 is 2.11 bits per heavy atom. The monoisotopic (exact) mass is 320 g/mol. The highest BCUT2D eigenvalue weighted by molar-refractivity contribution is 8.00. The van der Waals surface area contributed by atoms with Gasteiger partial charge in [0.15, 0.2) is 0 Å². The number of pyridine rings is 1. The van der Waals surface area contributed by atoms with Crippen LogP contribution < -0.4 is 4.72 Å². The number of alkyl halides is 3. The van der Waals surface area contributed by atoms with Crippen LogP contribution in [-0.4, -0.2) is 31.2 Å². The molecular weight excluding hydrogens is 313 g/mol. The van der Waals surface area contributed by atoms with E-state index in [2.05, 4.69) is 4.98 Å². The van der Waals surface area contributed by atoms with Gasteiger partial charge in [0.1, 0.15) is 5.15 Å². The van der Waals surface area contributed by atoms with Crippen LogP contribution in [0, 0.1) is 0 Å². The first-order valence-electron chi connectivity index (χ1n) is 4.53. The van der Waals surface area contributed by atoms with E-state index < -0.39 is 21.3 Å². The van der Waals surface area contributed by atoms with Gasteiger partial charge in [0.2, 0.25) is 10.0 Å². The Kier molecular flexibility index (Phi) is 5.26. The minimum absolute atomic E-state index is 0.0115. The van der Waals surface area contributed by atoms with E-state index in [4.69, 9.17) is 11.6 Å². The lowest BCUT2D eigenvalue weighted by atomic mass is 10.5. The van der Waals surface area contributed by atoms with E-state index in [1.807, 2.05) is 4.72 Å². The highest BCUT2D eigenvalue weighted by Gasteiger charge is 2.27. The maximum absolute atomic E-state index is 11.8. The number of aromatic nitrogens is 1. The molecule has 0 aliphatic carbocycles. The fourth-order valence-corrected chi connectivity index (χ4v) is 2.83. The molecule has 0 aromatic carbocycles. The van der Waals surface area contributed by atoms with Crippen molar-refractivity contribution in [3.8, 4) is 0 Å². The topological polar surface area (TPSA) is 59.1 Å². The first kappa shape index (κ1) is 15.5. The summed E-state index contributed by atoms with van der Waals surface area (Å²) in [4.78, 5) is 3.46. The Morgan fingerprint density at radius 3 is 2.67 bits per heavy atom. The molecule has 0 saturated carbocycles. The zero-order valence-electron chi connectivity index (χ0n) is 8.74. The number of halogens is 4. The molecule has 0 aliphatic heterocycles. The van der Waals surface area contributed by atoms with Crippen molar-refractivity contribution in [1.82, 2.24) is 9.71 Å². The van der Waals surface area contributed by atoms with Gasteiger partial charge in [-0.3, -0.25) is 0 Å². The fourth-order valence-electron chi connectivity index (χ4n) is 0.978. The Hall–Kier alpha value is -0.510. The van der Waals surface area contributed by atoms with Crippen molar-refractivity contribution in [2.24, 2.45) is 0 Å². The Morgan fingerprint density at radius 1 is 1.44 bits per heavy atom. The zero-order valence-corrected chi connectivity index (χ0v) is 11.1. The first-order valence-corrected chi connectivity index (χ1v) is 7.37. The van der Waals surface area contributed by atoms with Crippen molar-refractivity contribution in [2.75, 3.05) is 12.3 Å². The van der Waals surface area contributed by atoms with Gasteiger partial charge < -0.3 is 0 Å². The second-order valence-electron chi connectivity index (χ2n) is 3.01. The molecule has 102 valence electrons. The maximum Gasteiger partial charge on any atom is 0.441 e. The summed E-state index contributed by atoms with van der Waals surface area (Å²) >= 11 is 5.22.